The van der Waals surface area contributed by atoms with E-state index < -0.39 is 0 Å². The Labute approximate surface area is 156 Å². The van der Waals surface area contributed by atoms with Crippen LogP contribution in [-0.2, 0) is 0 Å². The third kappa shape index (κ3) is 24.7. The van der Waals surface area contributed by atoms with Gasteiger partial charge < -0.3 is 56.9 Å². The topological polar surface area (TPSA) is 0 Å². The lowest BCUT2D eigenvalue weighted by atomic mass is 10.1. The fourth-order valence-corrected chi connectivity index (χ4v) is 2.06. The van der Waals surface area contributed by atoms with Crippen LogP contribution in [0.3, 0.4) is 0 Å². The van der Waals surface area contributed by atoms with Gasteiger partial charge in [0, 0.05) is 0 Å². The number of nitrogens with zero attached hydrogens (tertiary/aromatic N) is 2. The van der Waals surface area contributed by atoms with Crippen LogP contribution in [0.1, 0.15) is 44.9 Å². The van der Waals surface area contributed by atoms with Crippen LogP contribution in [0.4, 0.5) is 0 Å². The summed E-state index contributed by atoms with van der Waals surface area (Å²) in [5, 5.41) is 0. The summed E-state index contributed by atoms with van der Waals surface area (Å²) in [4.78, 5) is 0. The molecule has 0 radical (unpaired) electrons. The molecule has 0 atom stereocenters. The Morgan fingerprint density at radius 1 is 0.421 bits per heavy atom. The fourth-order valence-electron chi connectivity index (χ4n) is 2.06. The number of hydrogen-bond donors (Lipinski definition) is 0. The van der Waals surface area contributed by atoms with Crippen LogP contribution < -0.4 is 48.0 Å². The van der Waals surface area contributed by atoms with Crippen LogP contribution in [0.25, 0.3) is 0 Å². The molecule has 0 aromatic rings. The number of hydrogen-bond acceptors (Lipinski definition) is 0. The monoisotopic (exact) mass is 498 g/mol. The molecule has 0 fully saturated rings. The summed E-state index contributed by atoms with van der Waals surface area (Å²) in [6.07, 6.45) is 9.93. The van der Waals surface area contributed by atoms with Gasteiger partial charge in [-0.15, -0.1) is 0 Å². The van der Waals surface area contributed by atoms with Gasteiger partial charge in [-0.25, -0.2) is 0 Å². The number of unbranched alkanes of at least 4 members (excludes halogenated alkanes) is 6. The molecule has 0 bridgehead atoms. The minimum absolute atomic E-state index is 0. The first-order valence-corrected chi connectivity index (χ1v) is 7.32. The highest BCUT2D eigenvalue weighted by Gasteiger charge is 2.06. The maximum absolute atomic E-state index is 2.28. The van der Waals surface area contributed by atoms with Gasteiger partial charge in [0.25, 0.3) is 0 Å². The fraction of sp³-hybridized carbons (Fsp3) is 1.00. The minimum Gasteiger partial charge on any atom is -1.00 e. The highest BCUT2D eigenvalue weighted by Crippen LogP contribution is 2.09. The quantitative estimate of drug-likeness (QED) is 0.173. The molecule has 0 aliphatic carbocycles. The Morgan fingerprint density at radius 2 is 0.632 bits per heavy atom. The van der Waals surface area contributed by atoms with Crippen LogP contribution in [0, 0.1) is 0 Å². The van der Waals surface area contributed by atoms with Crippen LogP contribution in [0.5, 0.6) is 0 Å². The average Bonchev–Trinajstić information content (AvgIpc) is 2.11. The zero-order chi connectivity index (χ0) is 13.4. The molecule has 0 aliphatic heterocycles. The van der Waals surface area contributed by atoms with Gasteiger partial charge in [-0.05, 0) is 25.7 Å². The van der Waals surface area contributed by atoms with Crippen LogP contribution in [-0.4, -0.2) is 64.3 Å². The molecule has 0 rings (SSSR count). The van der Waals surface area contributed by atoms with Crippen LogP contribution in [0.2, 0.25) is 0 Å². The Morgan fingerprint density at radius 3 is 0.842 bits per heavy atom. The molecule has 0 aromatic heterocycles. The van der Waals surface area contributed by atoms with Crippen molar-refractivity contribution in [2.75, 3.05) is 55.4 Å². The van der Waals surface area contributed by atoms with Crippen molar-refractivity contribution in [1.29, 1.82) is 0 Å². The first-order chi connectivity index (χ1) is 7.71. The van der Waals surface area contributed by atoms with Crippen molar-refractivity contribution in [1.82, 2.24) is 0 Å². The zero-order valence-corrected chi connectivity index (χ0v) is 18.3. The Hall–Kier alpha value is 1.38. The third-order valence-electron chi connectivity index (χ3n) is 3.16. The van der Waals surface area contributed by atoms with Crippen molar-refractivity contribution in [3.63, 3.8) is 0 Å². The highest BCUT2D eigenvalue weighted by molar-refractivity contribution is 4.46. The summed E-state index contributed by atoms with van der Waals surface area (Å²) in [5.74, 6) is 0. The van der Waals surface area contributed by atoms with Gasteiger partial charge in [0.1, 0.15) is 0 Å². The van der Waals surface area contributed by atoms with E-state index in [0.717, 1.165) is 8.97 Å². The lowest BCUT2D eigenvalue weighted by molar-refractivity contribution is -0.870. The predicted molar refractivity (Wildman–Crippen MR) is 78.1 cm³/mol. The van der Waals surface area contributed by atoms with Crippen LogP contribution >= 0.6 is 0 Å². The molecule has 0 N–H and O–H groups in total. The van der Waals surface area contributed by atoms with Gasteiger partial charge in [-0.2, -0.15) is 0 Å². The number of halogens is 2. The Kier molecular flexibility index (Phi) is 17.4. The maximum atomic E-state index is 2.28. The molecule has 0 saturated carbocycles. The van der Waals surface area contributed by atoms with E-state index >= 15 is 0 Å². The maximum Gasteiger partial charge on any atom is 0.0780 e. The molecule has 4 heteroatoms. The smallest absolute Gasteiger partial charge is 0.0780 e. The van der Waals surface area contributed by atoms with Gasteiger partial charge in [0.2, 0.25) is 0 Å². The Bertz CT molecular complexity index is 164. The van der Waals surface area contributed by atoms with E-state index in [0.29, 0.717) is 0 Å². The summed E-state index contributed by atoms with van der Waals surface area (Å²) in [7, 11) is 13.7. The van der Waals surface area contributed by atoms with Crippen molar-refractivity contribution in [3.05, 3.63) is 0 Å². The van der Waals surface area contributed by atoms with E-state index in [4.69, 9.17) is 0 Å². The largest absolute Gasteiger partial charge is 1.00 e. The van der Waals surface area contributed by atoms with Crippen molar-refractivity contribution < 1.29 is 56.9 Å². The summed E-state index contributed by atoms with van der Waals surface area (Å²) < 4.78 is 2.23. The zero-order valence-electron chi connectivity index (χ0n) is 14.0. The predicted octanol–water partition coefficient (Wildman–Crippen LogP) is -2.86. The minimum atomic E-state index is 0. The normalized spacial score (nSPS) is 11.7. The summed E-state index contributed by atoms with van der Waals surface area (Å²) >= 11 is 0. The van der Waals surface area contributed by atoms with E-state index in [2.05, 4.69) is 42.3 Å². The van der Waals surface area contributed by atoms with Gasteiger partial charge in [0.15, 0.2) is 0 Å². The number of rotatable bonds is 10. The van der Waals surface area contributed by atoms with E-state index in [1.807, 2.05) is 0 Å². The first kappa shape index (κ1) is 25.3. The standard InChI is InChI=1S/C15H36N2.2HI/c1-16(2,3)14-12-10-8-7-9-11-13-15-17(4,5)6;;/h7-15H2,1-6H3;2*1H/q+2;;/p-2. The lowest BCUT2D eigenvalue weighted by Gasteiger charge is -2.24. The van der Waals surface area contributed by atoms with E-state index in [-0.39, 0.29) is 48.0 Å². The molecule has 0 aliphatic rings. The summed E-state index contributed by atoms with van der Waals surface area (Å²) in [6, 6.07) is 0. The molecule has 19 heavy (non-hydrogen) atoms. The number of quaternary nitrogens is 2. The summed E-state index contributed by atoms with van der Waals surface area (Å²) in [5.41, 5.74) is 0. The molecular formula is C15H36I2N2. The molecule has 0 amide bonds. The molecular weight excluding hydrogens is 462 g/mol. The SMILES string of the molecule is C[N+](C)(C)CCCCCCCCC[N+](C)(C)C.[I-].[I-]. The molecule has 0 heterocycles. The van der Waals surface area contributed by atoms with Gasteiger partial charge in [-0.1, -0.05) is 19.3 Å². The molecule has 0 saturated heterocycles. The molecule has 120 valence electrons. The van der Waals surface area contributed by atoms with E-state index in [1.54, 1.807) is 0 Å². The first-order valence-electron chi connectivity index (χ1n) is 7.32. The van der Waals surface area contributed by atoms with E-state index in [9.17, 15) is 0 Å². The van der Waals surface area contributed by atoms with Crippen molar-refractivity contribution >= 4 is 0 Å². The van der Waals surface area contributed by atoms with Gasteiger partial charge >= 0.3 is 0 Å². The molecule has 2 nitrogen and oxygen atoms in total. The highest BCUT2D eigenvalue weighted by atomic mass is 127. The van der Waals surface area contributed by atoms with Gasteiger partial charge in [-0.3, -0.25) is 0 Å². The molecule has 0 aromatic carbocycles. The lowest BCUT2D eigenvalue weighted by Crippen LogP contribution is -3.00. The van der Waals surface area contributed by atoms with Gasteiger partial charge in [0.05, 0.1) is 55.4 Å². The van der Waals surface area contributed by atoms with Crippen molar-refractivity contribution in [2.24, 2.45) is 0 Å². The average molecular weight is 498 g/mol. The van der Waals surface area contributed by atoms with Crippen LogP contribution in [0.15, 0.2) is 0 Å². The third-order valence-corrected chi connectivity index (χ3v) is 3.16. The second-order valence-electron chi connectivity index (χ2n) is 7.50. The molecule has 0 unspecified atom stereocenters. The Balaban J connectivity index is -0.00000128. The second kappa shape index (κ2) is 13.1. The van der Waals surface area contributed by atoms with Crippen molar-refractivity contribution in [3.8, 4) is 0 Å². The van der Waals surface area contributed by atoms with E-state index in [1.165, 1.54) is 58.0 Å². The molecule has 0 spiro atoms. The van der Waals surface area contributed by atoms with Crippen molar-refractivity contribution in [2.45, 2.75) is 44.9 Å². The summed E-state index contributed by atoms with van der Waals surface area (Å²) in [6.45, 7) is 2.64. The second-order valence-corrected chi connectivity index (χ2v) is 7.50.